The summed E-state index contributed by atoms with van der Waals surface area (Å²) in [5.41, 5.74) is 2.35. The molecule has 0 aliphatic heterocycles. The van der Waals surface area contributed by atoms with E-state index in [2.05, 4.69) is 20.0 Å². The van der Waals surface area contributed by atoms with E-state index in [1.165, 1.54) is 24.3 Å². The first-order valence-electron chi connectivity index (χ1n) is 9.47. The van der Waals surface area contributed by atoms with Crippen molar-refractivity contribution in [3.8, 4) is 0 Å². The van der Waals surface area contributed by atoms with Gasteiger partial charge in [-0.05, 0) is 38.5 Å². The number of amides is 1. The minimum atomic E-state index is -3.88. The van der Waals surface area contributed by atoms with Crippen LogP contribution in [0.3, 0.4) is 0 Å². The lowest BCUT2D eigenvalue weighted by atomic mass is 10.2. The highest BCUT2D eigenvalue weighted by Gasteiger charge is 2.22. The standard InChI is InChI=1S/C20H17N5O5S3/c1-10-4-7-16(11(2)8-10)33(29,30)24-20-21-12(3)17(32-20)18(26)23-19-22-14-6-5-13(25(27)28)9-15(14)31-19/h4-9H,1-3H3,(H,21,24)(H,22,23,26). The van der Waals surface area contributed by atoms with E-state index in [1.54, 1.807) is 26.0 Å². The van der Waals surface area contributed by atoms with Crippen molar-refractivity contribution in [1.29, 1.82) is 0 Å². The Kier molecular flexibility index (Phi) is 5.86. The number of fused-ring (bicyclic) bond motifs is 1. The number of carbonyl (C=O) groups is 1. The van der Waals surface area contributed by atoms with Gasteiger partial charge >= 0.3 is 0 Å². The fourth-order valence-corrected chi connectivity index (χ4v) is 6.37. The van der Waals surface area contributed by atoms with Gasteiger partial charge in [0.05, 0.1) is 25.7 Å². The zero-order valence-electron chi connectivity index (χ0n) is 17.6. The predicted octanol–water partition coefficient (Wildman–Crippen LogP) is 4.64. The first-order chi connectivity index (χ1) is 15.5. The van der Waals surface area contributed by atoms with Gasteiger partial charge in [-0.25, -0.2) is 18.4 Å². The van der Waals surface area contributed by atoms with Gasteiger partial charge < -0.3 is 0 Å². The Labute approximate surface area is 196 Å². The van der Waals surface area contributed by atoms with Crippen molar-refractivity contribution in [1.82, 2.24) is 9.97 Å². The summed E-state index contributed by atoms with van der Waals surface area (Å²) in [6.07, 6.45) is 0. The van der Waals surface area contributed by atoms with Gasteiger partial charge in [-0.15, -0.1) is 0 Å². The molecule has 13 heteroatoms. The molecule has 0 bridgehead atoms. The van der Waals surface area contributed by atoms with Crippen LogP contribution >= 0.6 is 22.7 Å². The summed E-state index contributed by atoms with van der Waals surface area (Å²) in [4.78, 5) is 32.0. The Morgan fingerprint density at radius 3 is 2.48 bits per heavy atom. The Balaban J connectivity index is 1.55. The first-order valence-corrected chi connectivity index (χ1v) is 12.6. The van der Waals surface area contributed by atoms with Crippen LogP contribution in [0.2, 0.25) is 0 Å². The molecule has 0 radical (unpaired) electrons. The lowest BCUT2D eigenvalue weighted by molar-refractivity contribution is -0.384. The molecule has 2 heterocycles. The SMILES string of the molecule is Cc1ccc(S(=O)(=O)Nc2nc(C)c(C(=O)Nc3nc4ccc([N+](=O)[O-])cc4s3)s2)c(C)c1. The number of hydrogen-bond donors (Lipinski definition) is 2. The third-order valence-electron chi connectivity index (χ3n) is 4.65. The van der Waals surface area contributed by atoms with E-state index in [0.717, 1.165) is 28.2 Å². The van der Waals surface area contributed by atoms with Gasteiger partial charge in [0.2, 0.25) is 0 Å². The smallest absolute Gasteiger partial charge is 0.270 e. The van der Waals surface area contributed by atoms with Gasteiger partial charge in [-0.1, -0.05) is 40.4 Å². The summed E-state index contributed by atoms with van der Waals surface area (Å²) in [6, 6.07) is 9.25. The number of thiazole rings is 2. The largest absolute Gasteiger partial charge is 0.297 e. The number of nitrogens with zero attached hydrogens (tertiary/aromatic N) is 3. The number of hydrogen-bond acceptors (Lipinski definition) is 9. The van der Waals surface area contributed by atoms with Gasteiger partial charge in [0, 0.05) is 12.1 Å². The molecule has 2 N–H and O–H groups in total. The zero-order valence-corrected chi connectivity index (χ0v) is 20.0. The Hall–Kier alpha value is -3.42. The molecule has 2 aromatic carbocycles. The molecule has 4 aromatic rings. The quantitative estimate of drug-likeness (QED) is 0.288. The number of aryl methyl sites for hydroxylation is 3. The van der Waals surface area contributed by atoms with Crippen molar-refractivity contribution in [3.63, 3.8) is 0 Å². The minimum absolute atomic E-state index is 0.0666. The van der Waals surface area contributed by atoms with Crippen LogP contribution in [0.5, 0.6) is 0 Å². The van der Waals surface area contributed by atoms with Crippen LogP contribution in [0.15, 0.2) is 41.3 Å². The van der Waals surface area contributed by atoms with Gasteiger partial charge in [0.15, 0.2) is 10.3 Å². The van der Waals surface area contributed by atoms with Gasteiger partial charge in [0.25, 0.3) is 21.6 Å². The van der Waals surface area contributed by atoms with E-state index in [-0.39, 0.29) is 25.7 Å². The molecule has 0 atom stereocenters. The number of nitrogens with one attached hydrogen (secondary N) is 2. The Bertz CT molecular complexity index is 1520. The molecule has 0 saturated heterocycles. The fourth-order valence-electron chi connectivity index (χ4n) is 3.16. The van der Waals surface area contributed by atoms with Gasteiger partial charge in [-0.2, -0.15) is 0 Å². The highest BCUT2D eigenvalue weighted by molar-refractivity contribution is 7.93. The molecule has 170 valence electrons. The maximum absolute atomic E-state index is 12.8. The van der Waals surface area contributed by atoms with Crippen LogP contribution in [0.4, 0.5) is 16.0 Å². The van der Waals surface area contributed by atoms with Crippen molar-refractivity contribution in [2.75, 3.05) is 10.0 Å². The number of anilines is 2. The molecule has 0 saturated carbocycles. The maximum Gasteiger partial charge on any atom is 0.270 e. The summed E-state index contributed by atoms with van der Waals surface area (Å²) in [5, 5.41) is 13.9. The summed E-state index contributed by atoms with van der Waals surface area (Å²) in [5.74, 6) is -0.504. The van der Waals surface area contributed by atoms with E-state index in [9.17, 15) is 23.3 Å². The third kappa shape index (κ3) is 4.69. The maximum atomic E-state index is 12.8. The molecule has 4 rings (SSSR count). The van der Waals surface area contributed by atoms with Crippen LogP contribution in [0.1, 0.15) is 26.5 Å². The number of benzene rings is 2. The van der Waals surface area contributed by atoms with E-state index >= 15 is 0 Å². The summed E-state index contributed by atoms with van der Waals surface area (Å²) in [6.45, 7) is 5.18. The van der Waals surface area contributed by atoms with E-state index in [1.807, 2.05) is 6.92 Å². The monoisotopic (exact) mass is 503 g/mol. The van der Waals surface area contributed by atoms with Crippen LogP contribution in [-0.2, 0) is 10.0 Å². The molecule has 10 nitrogen and oxygen atoms in total. The average Bonchev–Trinajstić information content (AvgIpc) is 3.28. The molecule has 2 aromatic heterocycles. The number of nitro groups is 1. The fraction of sp³-hybridized carbons (Fsp3) is 0.150. The summed E-state index contributed by atoms with van der Waals surface area (Å²) < 4.78 is 28.6. The summed E-state index contributed by atoms with van der Waals surface area (Å²) in [7, 11) is -3.88. The minimum Gasteiger partial charge on any atom is -0.297 e. The molecule has 0 fully saturated rings. The van der Waals surface area contributed by atoms with Crippen molar-refractivity contribution in [2.24, 2.45) is 0 Å². The number of sulfonamides is 1. The molecular formula is C20H17N5O5S3. The van der Waals surface area contributed by atoms with Crippen LogP contribution in [0.25, 0.3) is 10.2 Å². The highest BCUT2D eigenvalue weighted by Crippen LogP contribution is 2.31. The van der Waals surface area contributed by atoms with Crippen molar-refractivity contribution in [2.45, 2.75) is 25.7 Å². The second kappa shape index (κ2) is 8.50. The topological polar surface area (TPSA) is 144 Å². The molecule has 0 unspecified atom stereocenters. The number of non-ortho nitro benzene ring substituents is 1. The molecule has 0 aliphatic rings. The summed E-state index contributed by atoms with van der Waals surface area (Å²) >= 11 is 2.00. The van der Waals surface area contributed by atoms with E-state index in [4.69, 9.17) is 0 Å². The van der Waals surface area contributed by atoms with Crippen molar-refractivity contribution < 1.29 is 18.1 Å². The molecule has 1 amide bonds. The van der Waals surface area contributed by atoms with Crippen LogP contribution in [0, 0.1) is 30.9 Å². The van der Waals surface area contributed by atoms with Gasteiger partial charge in [-0.3, -0.25) is 24.9 Å². The number of rotatable bonds is 6. The van der Waals surface area contributed by atoms with Gasteiger partial charge in [0.1, 0.15) is 4.88 Å². The Morgan fingerprint density at radius 1 is 1.03 bits per heavy atom. The zero-order chi connectivity index (χ0) is 23.9. The van der Waals surface area contributed by atoms with E-state index < -0.39 is 20.9 Å². The Morgan fingerprint density at radius 2 is 1.79 bits per heavy atom. The molecular weight excluding hydrogens is 486 g/mol. The predicted molar refractivity (Wildman–Crippen MR) is 128 cm³/mol. The normalized spacial score (nSPS) is 11.5. The number of aromatic nitrogens is 2. The van der Waals surface area contributed by atoms with Crippen molar-refractivity contribution >= 4 is 64.8 Å². The average molecular weight is 504 g/mol. The molecule has 0 aliphatic carbocycles. The molecule has 33 heavy (non-hydrogen) atoms. The second-order valence-electron chi connectivity index (χ2n) is 7.19. The van der Waals surface area contributed by atoms with Crippen LogP contribution in [-0.4, -0.2) is 29.2 Å². The number of carbonyl (C=O) groups excluding carboxylic acids is 1. The first kappa shape index (κ1) is 22.8. The highest BCUT2D eigenvalue weighted by atomic mass is 32.2. The third-order valence-corrected chi connectivity index (χ3v) is 8.28. The number of nitro benzene ring substituents is 1. The van der Waals surface area contributed by atoms with Crippen molar-refractivity contribution in [3.05, 3.63) is 68.2 Å². The van der Waals surface area contributed by atoms with E-state index in [0.29, 0.717) is 21.5 Å². The lowest BCUT2D eigenvalue weighted by Crippen LogP contribution is -2.14. The lowest BCUT2D eigenvalue weighted by Gasteiger charge is -2.08. The molecule has 0 spiro atoms. The second-order valence-corrected chi connectivity index (χ2v) is 10.9. The van der Waals surface area contributed by atoms with Crippen LogP contribution < -0.4 is 10.0 Å².